The van der Waals surface area contributed by atoms with Crippen LogP contribution < -0.4 is 15.5 Å². The summed E-state index contributed by atoms with van der Waals surface area (Å²) in [4.78, 5) is 22.6. The Bertz CT molecular complexity index is 1070. The first-order chi connectivity index (χ1) is 12.9. The van der Waals surface area contributed by atoms with Gasteiger partial charge in [-0.05, 0) is 66.2 Å². The van der Waals surface area contributed by atoms with Crippen LogP contribution in [0.25, 0.3) is 21.9 Å². The number of ether oxygens (including phenoxy) is 1. The Morgan fingerprint density at radius 1 is 1.19 bits per heavy atom. The highest BCUT2D eigenvalue weighted by molar-refractivity contribution is 6.64. The molecule has 3 aromatic rings. The average molecular weight is 382 g/mol. The van der Waals surface area contributed by atoms with Crippen molar-refractivity contribution in [1.82, 2.24) is 4.57 Å². The molecule has 27 heavy (non-hydrogen) atoms. The maximum absolute atomic E-state index is 14.0. The van der Waals surface area contributed by atoms with Crippen LogP contribution in [0.3, 0.4) is 0 Å². The molecule has 0 aliphatic heterocycles. The molecule has 0 amide bonds. The lowest BCUT2D eigenvalue weighted by atomic mass is 9.99. The van der Waals surface area contributed by atoms with E-state index in [1.807, 2.05) is 18.2 Å². The van der Waals surface area contributed by atoms with E-state index in [1.165, 1.54) is 35.6 Å². The van der Waals surface area contributed by atoms with E-state index < -0.39 is 14.9 Å². The summed E-state index contributed by atoms with van der Waals surface area (Å²) in [5, 5.41) is 1.85. The van der Waals surface area contributed by atoms with Gasteiger partial charge in [0.2, 0.25) is 9.04 Å². The van der Waals surface area contributed by atoms with Crippen molar-refractivity contribution >= 4 is 25.0 Å². The molecule has 4 nitrogen and oxygen atoms in total. The van der Waals surface area contributed by atoms with E-state index >= 15 is 0 Å². The quantitative estimate of drug-likeness (QED) is 0.691. The van der Waals surface area contributed by atoms with Crippen LogP contribution in [0.15, 0.2) is 47.4 Å². The molecule has 1 fully saturated rings. The number of aryl methyl sites for hydroxylation is 1. The molecule has 0 bridgehead atoms. The van der Waals surface area contributed by atoms with Gasteiger partial charge in [-0.2, -0.15) is 0 Å². The van der Waals surface area contributed by atoms with Gasteiger partial charge in [0, 0.05) is 29.8 Å². The zero-order chi connectivity index (χ0) is 19.1. The van der Waals surface area contributed by atoms with Crippen LogP contribution in [0.2, 0.25) is 6.55 Å². The Morgan fingerprint density at radius 3 is 2.67 bits per heavy atom. The monoisotopic (exact) mass is 382 g/mol. The Kier molecular flexibility index (Phi) is 4.61. The zero-order valence-corrected chi connectivity index (χ0v) is 16.3. The van der Waals surface area contributed by atoms with Gasteiger partial charge >= 0.3 is 0 Å². The van der Waals surface area contributed by atoms with Crippen LogP contribution in [-0.4, -0.2) is 25.0 Å². The SMILES string of the molecule is Cn1cc(-c2cc([Si](C)O)ccc2OCC2CC2)c2cc(F)ccc2c1=O. The Labute approximate surface area is 158 Å². The number of nitrogens with zero attached hydrogens (tertiary/aromatic N) is 1. The molecule has 1 aliphatic carbocycles. The molecule has 1 heterocycles. The maximum Gasteiger partial charge on any atom is 0.258 e. The topological polar surface area (TPSA) is 51.5 Å². The summed E-state index contributed by atoms with van der Waals surface area (Å²) in [5.41, 5.74) is 1.33. The number of halogens is 1. The highest BCUT2D eigenvalue weighted by atomic mass is 28.3. The van der Waals surface area contributed by atoms with Crippen LogP contribution in [0.5, 0.6) is 5.75 Å². The Morgan fingerprint density at radius 2 is 1.96 bits per heavy atom. The number of fused-ring (bicyclic) bond motifs is 1. The Hall–Kier alpha value is -2.44. The minimum Gasteiger partial charge on any atom is -0.493 e. The molecule has 1 aromatic heterocycles. The van der Waals surface area contributed by atoms with Crippen LogP contribution >= 0.6 is 0 Å². The second-order valence-corrected chi connectivity index (χ2v) is 8.95. The van der Waals surface area contributed by atoms with Gasteiger partial charge < -0.3 is 14.1 Å². The van der Waals surface area contributed by atoms with E-state index in [9.17, 15) is 14.0 Å². The summed E-state index contributed by atoms with van der Waals surface area (Å²) in [7, 11) is 0.0317. The first-order valence-corrected chi connectivity index (χ1v) is 11.0. The fraction of sp³-hybridized carbons (Fsp3) is 0.286. The van der Waals surface area contributed by atoms with Gasteiger partial charge in [-0.25, -0.2) is 4.39 Å². The number of pyridine rings is 1. The molecule has 0 saturated heterocycles. The molecule has 0 atom stereocenters. The predicted octanol–water partition coefficient (Wildman–Crippen LogP) is 2.95. The van der Waals surface area contributed by atoms with Crippen molar-refractivity contribution in [3.05, 3.63) is 58.8 Å². The minimum absolute atomic E-state index is 0.173. The summed E-state index contributed by atoms with van der Waals surface area (Å²) in [6.45, 7) is 2.44. The molecule has 0 unspecified atom stereocenters. The number of aromatic nitrogens is 1. The normalized spacial score (nSPS) is 14.1. The molecule has 0 spiro atoms. The predicted molar refractivity (Wildman–Crippen MR) is 106 cm³/mol. The van der Waals surface area contributed by atoms with E-state index in [0.29, 0.717) is 29.0 Å². The van der Waals surface area contributed by atoms with E-state index in [4.69, 9.17) is 4.74 Å². The largest absolute Gasteiger partial charge is 0.493 e. The lowest BCUT2D eigenvalue weighted by Crippen LogP contribution is -2.26. The third-order valence-corrected chi connectivity index (χ3v) is 6.15. The van der Waals surface area contributed by atoms with Gasteiger partial charge in [0.25, 0.3) is 5.56 Å². The van der Waals surface area contributed by atoms with Crippen molar-refractivity contribution in [3.8, 4) is 16.9 Å². The third kappa shape index (κ3) is 3.55. The lowest BCUT2D eigenvalue weighted by Gasteiger charge is -2.16. The van der Waals surface area contributed by atoms with Crippen LogP contribution in [0.1, 0.15) is 12.8 Å². The van der Waals surface area contributed by atoms with E-state index in [-0.39, 0.29) is 5.56 Å². The molecule has 4 rings (SSSR count). The summed E-state index contributed by atoms with van der Waals surface area (Å²) >= 11 is 0. The van der Waals surface area contributed by atoms with Crippen molar-refractivity contribution in [2.45, 2.75) is 19.4 Å². The fourth-order valence-electron chi connectivity index (χ4n) is 3.24. The molecule has 1 saturated carbocycles. The molecule has 1 aliphatic rings. The van der Waals surface area contributed by atoms with Gasteiger partial charge in [0.15, 0.2) is 0 Å². The number of rotatable bonds is 5. The highest BCUT2D eigenvalue weighted by Crippen LogP contribution is 2.36. The average Bonchev–Trinajstić information content (AvgIpc) is 3.47. The maximum atomic E-state index is 14.0. The summed E-state index contributed by atoms with van der Waals surface area (Å²) < 4.78 is 21.5. The molecular weight excluding hydrogens is 361 g/mol. The van der Waals surface area contributed by atoms with Crippen LogP contribution in [0, 0.1) is 11.7 Å². The van der Waals surface area contributed by atoms with Crippen molar-refractivity contribution in [3.63, 3.8) is 0 Å². The summed E-state index contributed by atoms with van der Waals surface area (Å²) in [5.74, 6) is 0.893. The van der Waals surface area contributed by atoms with Crippen molar-refractivity contribution in [2.24, 2.45) is 13.0 Å². The van der Waals surface area contributed by atoms with Gasteiger partial charge in [-0.3, -0.25) is 4.79 Å². The first-order valence-electron chi connectivity index (χ1n) is 9.03. The lowest BCUT2D eigenvalue weighted by molar-refractivity contribution is 0.301. The smallest absolute Gasteiger partial charge is 0.258 e. The van der Waals surface area contributed by atoms with Crippen LogP contribution in [-0.2, 0) is 7.05 Å². The van der Waals surface area contributed by atoms with Gasteiger partial charge in [0.1, 0.15) is 11.6 Å². The van der Waals surface area contributed by atoms with E-state index in [1.54, 1.807) is 19.8 Å². The zero-order valence-electron chi connectivity index (χ0n) is 15.3. The van der Waals surface area contributed by atoms with Gasteiger partial charge in [-0.1, -0.05) is 6.07 Å². The van der Waals surface area contributed by atoms with Crippen molar-refractivity contribution < 1.29 is 13.9 Å². The van der Waals surface area contributed by atoms with Gasteiger partial charge in [-0.15, -0.1) is 0 Å². The molecule has 2 aromatic carbocycles. The third-order valence-electron chi connectivity index (χ3n) is 5.00. The van der Waals surface area contributed by atoms with Gasteiger partial charge in [0.05, 0.1) is 6.61 Å². The first kappa shape index (κ1) is 17.9. The van der Waals surface area contributed by atoms with Crippen LogP contribution in [0.4, 0.5) is 4.39 Å². The molecule has 139 valence electrons. The fourth-order valence-corrected chi connectivity index (χ4v) is 3.91. The standard InChI is InChI=1S/C21H21FNO3Si/c1-23-11-19(17-9-14(22)5-7-16(17)21(23)24)18-10-15(27(2)25)6-8-20(18)26-12-13-3-4-13/h5-11,13,25H,3-4,12H2,1-2H3. The molecule has 6 heteroatoms. The summed E-state index contributed by atoms with van der Waals surface area (Å²) in [6, 6.07) is 9.86. The minimum atomic E-state index is -1.65. The number of hydrogen-bond acceptors (Lipinski definition) is 3. The highest BCUT2D eigenvalue weighted by Gasteiger charge is 2.23. The van der Waals surface area contributed by atoms with E-state index in [0.717, 1.165) is 16.3 Å². The molecule has 1 N–H and O–H groups in total. The molecular formula is C21H21FNO3Si. The number of benzene rings is 2. The van der Waals surface area contributed by atoms with Crippen molar-refractivity contribution in [1.29, 1.82) is 0 Å². The summed E-state index contributed by atoms with van der Waals surface area (Å²) in [6.07, 6.45) is 4.08. The molecule has 1 radical (unpaired) electrons. The Balaban J connectivity index is 1.95. The van der Waals surface area contributed by atoms with Crippen molar-refractivity contribution in [2.75, 3.05) is 6.61 Å². The van der Waals surface area contributed by atoms with E-state index in [2.05, 4.69) is 0 Å². The second-order valence-electron chi connectivity index (χ2n) is 7.20. The number of hydrogen-bond donors (Lipinski definition) is 1. The second kappa shape index (κ2) is 6.94.